The van der Waals surface area contributed by atoms with E-state index in [-0.39, 0.29) is 12.5 Å². The molecule has 168 valence electrons. The van der Waals surface area contributed by atoms with Gasteiger partial charge in [-0.1, -0.05) is 0 Å². The van der Waals surface area contributed by atoms with Gasteiger partial charge in [-0.2, -0.15) is 5.10 Å². The Hall–Kier alpha value is -3.88. The van der Waals surface area contributed by atoms with Crippen molar-refractivity contribution in [1.29, 1.82) is 0 Å². The van der Waals surface area contributed by atoms with Crippen molar-refractivity contribution >= 4 is 28.4 Å². The molecule has 9 heteroatoms. The molecular weight excluding hydrogens is 418 g/mol. The van der Waals surface area contributed by atoms with E-state index in [4.69, 9.17) is 10.5 Å². The summed E-state index contributed by atoms with van der Waals surface area (Å²) in [6.07, 6.45) is 8.78. The van der Waals surface area contributed by atoms with Gasteiger partial charge in [-0.15, -0.1) is 0 Å². The Morgan fingerprint density at radius 2 is 2.12 bits per heavy atom. The first-order valence-corrected chi connectivity index (χ1v) is 11.3. The number of nitrogen functional groups attached to an aromatic ring is 1. The number of anilines is 2. The van der Waals surface area contributed by atoms with E-state index in [0.717, 1.165) is 41.7 Å². The molecule has 1 fully saturated rings. The van der Waals surface area contributed by atoms with E-state index in [2.05, 4.69) is 25.0 Å². The van der Waals surface area contributed by atoms with Crippen molar-refractivity contribution in [3.05, 3.63) is 53.7 Å². The number of nitrogens with two attached hydrogens (primary N) is 1. The normalized spacial score (nSPS) is 15.1. The van der Waals surface area contributed by atoms with Crippen LogP contribution in [0.5, 0.6) is 5.75 Å². The predicted octanol–water partition coefficient (Wildman–Crippen LogP) is 3.21. The van der Waals surface area contributed by atoms with Crippen LogP contribution in [0.2, 0.25) is 0 Å². The van der Waals surface area contributed by atoms with E-state index in [9.17, 15) is 4.79 Å². The molecule has 0 atom stereocenters. The zero-order valence-corrected chi connectivity index (χ0v) is 18.4. The van der Waals surface area contributed by atoms with E-state index in [0.29, 0.717) is 23.2 Å². The van der Waals surface area contributed by atoms with Crippen LogP contribution in [0, 0.1) is 0 Å². The standard InChI is InChI=1S/C24H25N7O2/c1-33-20-11-15(31-19-4-2-3-16(19)22-23(31)24(25)27-13-26-22)7-8-18(20)28-21(32)12-30-10-9-17(29-30)14-5-6-14/h7-11,13-14H,2-6,12H2,1H3,(H,28,32)(H2,25,26,27). The lowest BCUT2D eigenvalue weighted by atomic mass is 10.2. The van der Waals surface area contributed by atoms with Crippen LogP contribution in [0.3, 0.4) is 0 Å². The minimum absolute atomic E-state index is 0.154. The third kappa shape index (κ3) is 3.40. The summed E-state index contributed by atoms with van der Waals surface area (Å²) in [7, 11) is 1.60. The number of aryl methyl sites for hydroxylation is 1. The van der Waals surface area contributed by atoms with Gasteiger partial charge in [0.2, 0.25) is 5.91 Å². The highest BCUT2D eigenvalue weighted by atomic mass is 16.5. The van der Waals surface area contributed by atoms with E-state index in [1.807, 2.05) is 30.5 Å². The van der Waals surface area contributed by atoms with Gasteiger partial charge in [-0.3, -0.25) is 9.48 Å². The molecule has 1 aromatic carbocycles. The molecule has 0 saturated heterocycles. The van der Waals surface area contributed by atoms with Crippen LogP contribution in [-0.4, -0.2) is 37.3 Å². The largest absolute Gasteiger partial charge is 0.494 e. The summed E-state index contributed by atoms with van der Waals surface area (Å²) in [5.74, 6) is 1.43. The Balaban J connectivity index is 1.30. The summed E-state index contributed by atoms with van der Waals surface area (Å²) in [5, 5.41) is 7.47. The number of carbonyl (C=O) groups excluding carboxylic acids is 1. The molecule has 3 N–H and O–H groups in total. The first-order valence-electron chi connectivity index (χ1n) is 11.3. The number of rotatable bonds is 6. The number of fused-ring (bicyclic) bond motifs is 3. The van der Waals surface area contributed by atoms with Crippen molar-refractivity contribution in [3.63, 3.8) is 0 Å². The average Bonchev–Trinajstić information content (AvgIpc) is 3.23. The van der Waals surface area contributed by atoms with Gasteiger partial charge in [0.1, 0.15) is 24.1 Å². The lowest BCUT2D eigenvalue weighted by Crippen LogP contribution is -2.19. The van der Waals surface area contributed by atoms with Gasteiger partial charge in [0, 0.05) is 29.6 Å². The molecule has 2 aliphatic carbocycles. The Morgan fingerprint density at radius 1 is 1.24 bits per heavy atom. The second-order valence-corrected chi connectivity index (χ2v) is 8.72. The molecule has 9 nitrogen and oxygen atoms in total. The number of aromatic nitrogens is 5. The fourth-order valence-corrected chi connectivity index (χ4v) is 4.80. The summed E-state index contributed by atoms with van der Waals surface area (Å²) in [6.45, 7) is 0.154. The molecule has 6 rings (SSSR count). The maximum atomic E-state index is 12.7. The number of nitrogens with one attached hydrogen (secondary N) is 1. The van der Waals surface area contributed by atoms with Crippen LogP contribution >= 0.6 is 0 Å². The number of nitrogens with zero attached hydrogens (tertiary/aromatic N) is 5. The van der Waals surface area contributed by atoms with Crippen molar-refractivity contribution in [3.8, 4) is 11.4 Å². The molecule has 3 aromatic heterocycles. The summed E-state index contributed by atoms with van der Waals surface area (Å²) < 4.78 is 9.44. The van der Waals surface area contributed by atoms with E-state index in [1.165, 1.54) is 30.4 Å². The van der Waals surface area contributed by atoms with Crippen LogP contribution in [0.15, 0.2) is 36.8 Å². The average molecular weight is 444 g/mol. The summed E-state index contributed by atoms with van der Waals surface area (Å²) in [5.41, 5.74) is 13.0. The van der Waals surface area contributed by atoms with Crippen molar-refractivity contribution in [2.24, 2.45) is 0 Å². The fourth-order valence-electron chi connectivity index (χ4n) is 4.80. The molecular formula is C24H25N7O2. The summed E-state index contributed by atoms with van der Waals surface area (Å²) >= 11 is 0. The number of hydrogen-bond acceptors (Lipinski definition) is 6. The summed E-state index contributed by atoms with van der Waals surface area (Å²) in [4.78, 5) is 21.4. The quantitative estimate of drug-likeness (QED) is 0.473. The molecule has 3 heterocycles. The zero-order valence-electron chi connectivity index (χ0n) is 18.4. The first kappa shape index (κ1) is 19.8. The zero-order chi connectivity index (χ0) is 22.5. The van der Waals surface area contributed by atoms with E-state index in [1.54, 1.807) is 11.8 Å². The van der Waals surface area contributed by atoms with Crippen LogP contribution in [0.25, 0.3) is 16.7 Å². The highest BCUT2D eigenvalue weighted by Gasteiger charge is 2.27. The van der Waals surface area contributed by atoms with E-state index < -0.39 is 0 Å². The van der Waals surface area contributed by atoms with Crippen molar-refractivity contribution in [1.82, 2.24) is 24.3 Å². The van der Waals surface area contributed by atoms with Crippen LogP contribution in [0.1, 0.15) is 42.1 Å². The third-order valence-electron chi connectivity index (χ3n) is 6.50. The fraction of sp³-hybridized carbons (Fsp3) is 0.333. The Kier molecular flexibility index (Phi) is 4.56. The summed E-state index contributed by atoms with van der Waals surface area (Å²) in [6, 6.07) is 7.73. The number of amides is 1. The Labute approximate surface area is 190 Å². The molecule has 1 amide bonds. The number of methoxy groups -OCH3 is 1. The maximum Gasteiger partial charge on any atom is 0.246 e. The monoisotopic (exact) mass is 443 g/mol. The molecule has 33 heavy (non-hydrogen) atoms. The number of carbonyl (C=O) groups is 1. The number of benzene rings is 1. The lowest BCUT2D eigenvalue weighted by Gasteiger charge is -2.15. The van der Waals surface area contributed by atoms with Gasteiger partial charge >= 0.3 is 0 Å². The van der Waals surface area contributed by atoms with Crippen LogP contribution < -0.4 is 15.8 Å². The first-order chi connectivity index (χ1) is 16.1. The predicted molar refractivity (Wildman–Crippen MR) is 125 cm³/mol. The minimum Gasteiger partial charge on any atom is -0.494 e. The van der Waals surface area contributed by atoms with Gasteiger partial charge in [-0.25, -0.2) is 9.97 Å². The van der Waals surface area contributed by atoms with Gasteiger partial charge in [-0.05, 0) is 55.9 Å². The van der Waals surface area contributed by atoms with Gasteiger partial charge in [0.15, 0.2) is 5.82 Å². The minimum atomic E-state index is -0.156. The second kappa shape index (κ2) is 7.61. The number of ether oxygens (including phenoxy) is 1. The Bertz CT molecular complexity index is 1380. The van der Waals surface area contributed by atoms with Gasteiger partial charge < -0.3 is 20.4 Å². The molecule has 1 saturated carbocycles. The molecule has 0 radical (unpaired) electrons. The van der Waals surface area contributed by atoms with Crippen molar-refractivity contribution < 1.29 is 9.53 Å². The molecule has 0 spiro atoms. The molecule has 4 aromatic rings. The molecule has 0 bridgehead atoms. The van der Waals surface area contributed by atoms with Gasteiger partial charge in [0.05, 0.1) is 24.0 Å². The van der Waals surface area contributed by atoms with Crippen LogP contribution in [-0.2, 0) is 24.2 Å². The molecule has 0 unspecified atom stereocenters. The number of hydrogen-bond donors (Lipinski definition) is 2. The van der Waals surface area contributed by atoms with Crippen molar-refractivity contribution in [2.75, 3.05) is 18.2 Å². The topological polar surface area (TPSA) is 113 Å². The van der Waals surface area contributed by atoms with Crippen LogP contribution in [0.4, 0.5) is 11.5 Å². The molecule has 2 aliphatic rings. The Morgan fingerprint density at radius 3 is 2.94 bits per heavy atom. The van der Waals surface area contributed by atoms with Crippen molar-refractivity contribution in [2.45, 2.75) is 44.6 Å². The highest BCUT2D eigenvalue weighted by Crippen LogP contribution is 2.39. The highest BCUT2D eigenvalue weighted by molar-refractivity contribution is 5.93. The maximum absolute atomic E-state index is 12.7. The smallest absolute Gasteiger partial charge is 0.246 e. The second-order valence-electron chi connectivity index (χ2n) is 8.72. The van der Waals surface area contributed by atoms with Gasteiger partial charge in [0.25, 0.3) is 0 Å². The third-order valence-corrected chi connectivity index (χ3v) is 6.50. The molecule has 0 aliphatic heterocycles. The lowest BCUT2D eigenvalue weighted by molar-refractivity contribution is -0.116. The SMILES string of the molecule is COc1cc(-n2c3c(c4ncnc(N)c42)CCC3)ccc1NC(=O)Cn1ccc(C2CC2)n1. The van der Waals surface area contributed by atoms with E-state index >= 15 is 0 Å².